The molecular weight excluding hydrogens is 419 g/mol. The number of aromatic nitrogens is 2. The van der Waals surface area contributed by atoms with Crippen LogP contribution < -0.4 is 5.32 Å². The molecule has 0 radical (unpaired) electrons. The summed E-state index contributed by atoms with van der Waals surface area (Å²) in [5, 5.41) is 5.13. The van der Waals surface area contributed by atoms with Crippen LogP contribution in [0.4, 0.5) is 18.9 Å². The van der Waals surface area contributed by atoms with Crippen molar-refractivity contribution in [2.45, 2.75) is 59.5 Å². The van der Waals surface area contributed by atoms with E-state index in [0.29, 0.717) is 16.9 Å². The third-order valence-electron chi connectivity index (χ3n) is 5.19. The summed E-state index contributed by atoms with van der Waals surface area (Å²) in [7, 11) is 0. The highest BCUT2D eigenvalue weighted by molar-refractivity contribution is 8.00. The zero-order chi connectivity index (χ0) is 20.4. The predicted molar refractivity (Wildman–Crippen MR) is 108 cm³/mol. The van der Waals surface area contributed by atoms with E-state index in [-0.39, 0.29) is 18.0 Å². The number of benzene rings is 1. The van der Waals surface area contributed by atoms with Crippen molar-refractivity contribution in [3.05, 3.63) is 41.7 Å². The number of carbonyl (C=O) groups excluding carboxylic acids is 1. The summed E-state index contributed by atoms with van der Waals surface area (Å²) in [4.78, 5) is 21.1. The van der Waals surface area contributed by atoms with Gasteiger partial charge in [0.2, 0.25) is 5.91 Å². The topological polar surface area (TPSA) is 54.9 Å². The minimum Gasteiger partial charge on any atom is -0.326 e. The monoisotopic (exact) mass is 439 g/mol. The molecule has 2 aromatic rings. The minimum absolute atomic E-state index is 0.152. The number of carbonyl (C=O) groups is 1. The summed E-state index contributed by atoms with van der Waals surface area (Å²) < 4.78 is 38.4. The number of amides is 1. The molecule has 0 saturated heterocycles. The van der Waals surface area contributed by atoms with Crippen LogP contribution in [0, 0.1) is 0 Å². The van der Waals surface area contributed by atoms with E-state index in [9.17, 15) is 18.0 Å². The molecule has 2 aliphatic rings. The first-order valence-electron chi connectivity index (χ1n) is 9.53. The van der Waals surface area contributed by atoms with Gasteiger partial charge in [0.25, 0.3) is 0 Å². The standard InChI is InChI=1S/C20H20F3N3OS2/c21-20(22,23)12-4-3-5-13(10-12)26-16(27)8-9-28-18-17-14-6-1-2-7-15(14)29-19(17)25-11-24-18/h3-5,10-11,14-15H,1-2,6-9H2,(H,26,27)/t14-,15-/m1/s1. The molecule has 154 valence electrons. The van der Waals surface area contributed by atoms with Gasteiger partial charge in [-0.2, -0.15) is 13.2 Å². The maximum absolute atomic E-state index is 12.8. The van der Waals surface area contributed by atoms with Crippen LogP contribution in [0.2, 0.25) is 0 Å². The van der Waals surface area contributed by atoms with Crippen molar-refractivity contribution in [2.75, 3.05) is 11.1 Å². The molecule has 1 aliphatic heterocycles. The van der Waals surface area contributed by atoms with E-state index in [1.54, 1.807) is 6.33 Å². The highest BCUT2D eigenvalue weighted by Crippen LogP contribution is 2.53. The van der Waals surface area contributed by atoms with E-state index in [2.05, 4.69) is 15.3 Å². The Morgan fingerprint density at radius 1 is 1.24 bits per heavy atom. The normalized spacial score (nSPS) is 20.8. The van der Waals surface area contributed by atoms with E-state index in [0.717, 1.165) is 28.6 Å². The van der Waals surface area contributed by atoms with Gasteiger partial charge < -0.3 is 5.32 Å². The van der Waals surface area contributed by atoms with Crippen LogP contribution in [0.3, 0.4) is 0 Å². The smallest absolute Gasteiger partial charge is 0.326 e. The number of hydrogen-bond acceptors (Lipinski definition) is 5. The number of anilines is 1. The highest BCUT2D eigenvalue weighted by atomic mass is 32.2. The number of fused-ring (bicyclic) bond motifs is 3. The van der Waals surface area contributed by atoms with Crippen molar-refractivity contribution < 1.29 is 18.0 Å². The Morgan fingerprint density at radius 3 is 2.90 bits per heavy atom. The molecule has 1 fully saturated rings. The first kappa shape index (κ1) is 20.5. The van der Waals surface area contributed by atoms with E-state index >= 15 is 0 Å². The Bertz CT molecular complexity index is 907. The largest absolute Gasteiger partial charge is 0.416 e. The van der Waals surface area contributed by atoms with Crippen molar-refractivity contribution in [2.24, 2.45) is 0 Å². The SMILES string of the molecule is O=C(CCSc1ncnc2c1[C@@H]1CCCC[C@H]1S2)Nc1cccc(C(F)(F)F)c1. The summed E-state index contributed by atoms with van der Waals surface area (Å²) in [6.45, 7) is 0. The summed E-state index contributed by atoms with van der Waals surface area (Å²) in [5.74, 6) is 0.690. The fourth-order valence-electron chi connectivity index (χ4n) is 3.84. The van der Waals surface area contributed by atoms with Crippen molar-refractivity contribution in [1.82, 2.24) is 9.97 Å². The molecule has 2 atom stereocenters. The molecule has 29 heavy (non-hydrogen) atoms. The number of thioether (sulfide) groups is 2. The molecule has 9 heteroatoms. The van der Waals surface area contributed by atoms with Gasteiger partial charge in [0.05, 0.1) is 5.56 Å². The molecule has 1 amide bonds. The molecule has 0 bridgehead atoms. The Labute approximate surface area is 175 Å². The average Bonchev–Trinajstić information content (AvgIpc) is 3.07. The summed E-state index contributed by atoms with van der Waals surface area (Å²) in [6.07, 6.45) is 2.18. The maximum atomic E-state index is 12.8. The number of rotatable bonds is 5. The second-order valence-electron chi connectivity index (χ2n) is 7.17. The molecule has 1 aliphatic carbocycles. The van der Waals surface area contributed by atoms with Gasteiger partial charge in [-0.3, -0.25) is 4.79 Å². The van der Waals surface area contributed by atoms with E-state index in [1.807, 2.05) is 11.8 Å². The Kier molecular flexibility index (Phi) is 6.06. The first-order chi connectivity index (χ1) is 13.9. The molecule has 2 heterocycles. The lowest BCUT2D eigenvalue weighted by atomic mass is 9.85. The van der Waals surface area contributed by atoms with Gasteiger partial charge in [-0.05, 0) is 31.0 Å². The summed E-state index contributed by atoms with van der Waals surface area (Å²) in [5.41, 5.74) is 0.602. The fraction of sp³-hybridized carbons (Fsp3) is 0.450. The van der Waals surface area contributed by atoms with Crippen molar-refractivity contribution in [1.29, 1.82) is 0 Å². The van der Waals surface area contributed by atoms with Crippen molar-refractivity contribution in [3.8, 4) is 0 Å². The molecule has 1 N–H and O–H groups in total. The van der Waals surface area contributed by atoms with Gasteiger partial charge in [0.1, 0.15) is 16.4 Å². The predicted octanol–water partition coefficient (Wildman–Crippen LogP) is 5.75. The van der Waals surface area contributed by atoms with Crippen LogP contribution in [0.5, 0.6) is 0 Å². The van der Waals surface area contributed by atoms with Gasteiger partial charge in [-0.1, -0.05) is 18.9 Å². The van der Waals surface area contributed by atoms with E-state index in [4.69, 9.17) is 0 Å². The number of alkyl halides is 3. The van der Waals surface area contributed by atoms with Gasteiger partial charge in [0.15, 0.2) is 0 Å². The molecular formula is C20H20F3N3OS2. The molecule has 1 aromatic carbocycles. The van der Waals surface area contributed by atoms with Gasteiger partial charge in [-0.25, -0.2) is 9.97 Å². The van der Waals surface area contributed by atoms with E-state index in [1.165, 1.54) is 48.7 Å². The second-order valence-corrected chi connectivity index (χ2v) is 9.48. The average molecular weight is 440 g/mol. The first-order valence-corrected chi connectivity index (χ1v) is 11.4. The Morgan fingerprint density at radius 2 is 2.07 bits per heavy atom. The van der Waals surface area contributed by atoms with Crippen LogP contribution in [0.1, 0.15) is 49.1 Å². The second kappa shape index (κ2) is 8.55. The van der Waals surface area contributed by atoms with Crippen LogP contribution in [0.25, 0.3) is 0 Å². The quantitative estimate of drug-likeness (QED) is 0.475. The molecule has 1 saturated carbocycles. The van der Waals surface area contributed by atoms with Crippen LogP contribution in [-0.2, 0) is 11.0 Å². The van der Waals surface area contributed by atoms with Crippen LogP contribution >= 0.6 is 23.5 Å². The lowest BCUT2D eigenvalue weighted by Gasteiger charge is -2.24. The van der Waals surface area contributed by atoms with Gasteiger partial charge in [0, 0.05) is 34.6 Å². The van der Waals surface area contributed by atoms with Crippen LogP contribution in [0.15, 0.2) is 40.6 Å². The molecule has 1 aromatic heterocycles. The van der Waals surface area contributed by atoms with Gasteiger partial charge >= 0.3 is 6.18 Å². The minimum atomic E-state index is -4.43. The zero-order valence-electron chi connectivity index (χ0n) is 15.5. The third-order valence-corrected chi connectivity index (χ3v) is 7.61. The summed E-state index contributed by atoms with van der Waals surface area (Å²) in [6, 6.07) is 4.67. The Hall–Kier alpha value is -1.74. The molecule has 4 rings (SSSR count). The molecule has 0 unspecified atom stereocenters. The van der Waals surface area contributed by atoms with E-state index < -0.39 is 11.7 Å². The maximum Gasteiger partial charge on any atom is 0.416 e. The number of halogens is 3. The lowest BCUT2D eigenvalue weighted by Crippen LogP contribution is -2.16. The van der Waals surface area contributed by atoms with Crippen molar-refractivity contribution in [3.63, 3.8) is 0 Å². The lowest BCUT2D eigenvalue weighted by molar-refractivity contribution is -0.137. The number of nitrogens with one attached hydrogen (secondary N) is 1. The molecule has 4 nitrogen and oxygen atoms in total. The number of nitrogens with zero attached hydrogens (tertiary/aromatic N) is 2. The zero-order valence-corrected chi connectivity index (χ0v) is 17.2. The Balaban J connectivity index is 1.35. The van der Waals surface area contributed by atoms with Crippen molar-refractivity contribution >= 4 is 35.1 Å². The third kappa shape index (κ3) is 4.71. The van der Waals surface area contributed by atoms with Gasteiger partial charge in [-0.15, -0.1) is 23.5 Å². The summed E-state index contributed by atoms with van der Waals surface area (Å²) >= 11 is 3.37. The highest BCUT2D eigenvalue weighted by Gasteiger charge is 2.38. The number of hydrogen-bond donors (Lipinski definition) is 1. The molecule has 0 spiro atoms. The van der Waals surface area contributed by atoms with Crippen LogP contribution in [-0.4, -0.2) is 26.9 Å². The fourth-order valence-corrected chi connectivity index (χ4v) is 6.40.